The molecule has 2 N–H and O–H groups in total. The van der Waals surface area contributed by atoms with Crippen molar-refractivity contribution < 1.29 is 14.6 Å². The molecule has 0 saturated heterocycles. The number of carbonyl (C=O) groups is 1. The van der Waals surface area contributed by atoms with Gasteiger partial charge in [-0.15, -0.1) is 0 Å². The van der Waals surface area contributed by atoms with E-state index in [0.717, 1.165) is 22.2 Å². The van der Waals surface area contributed by atoms with Gasteiger partial charge in [0.05, 0.1) is 7.11 Å². The van der Waals surface area contributed by atoms with E-state index < -0.39 is 5.97 Å². The molecule has 0 aliphatic heterocycles. The predicted molar refractivity (Wildman–Crippen MR) is 65.4 cm³/mol. The third-order valence-electron chi connectivity index (χ3n) is 2.84. The molecule has 0 aliphatic rings. The third-order valence-corrected chi connectivity index (χ3v) is 2.84. The molecular formula is C13H15NO3. The predicted octanol–water partition coefficient (Wildman–Crippen LogP) is 2.58. The van der Waals surface area contributed by atoms with Crippen molar-refractivity contribution in [1.29, 1.82) is 0 Å². The first-order valence-electron chi connectivity index (χ1n) is 5.57. The van der Waals surface area contributed by atoms with E-state index in [9.17, 15) is 4.79 Å². The molecule has 2 rings (SSSR count). The van der Waals surface area contributed by atoms with Crippen molar-refractivity contribution in [3.05, 3.63) is 30.0 Å². The number of hydrogen-bond acceptors (Lipinski definition) is 2. The lowest BCUT2D eigenvalue weighted by atomic mass is 10.0. The van der Waals surface area contributed by atoms with Gasteiger partial charge in [-0.3, -0.25) is 4.79 Å². The molecule has 90 valence electrons. The molecule has 1 aromatic heterocycles. The second kappa shape index (κ2) is 4.91. The van der Waals surface area contributed by atoms with Gasteiger partial charge in [-0.25, -0.2) is 0 Å². The summed E-state index contributed by atoms with van der Waals surface area (Å²) < 4.78 is 5.32. The highest BCUT2D eigenvalue weighted by Crippen LogP contribution is 2.28. The molecule has 0 amide bonds. The highest BCUT2D eigenvalue weighted by atomic mass is 16.5. The molecule has 2 aromatic rings. The summed E-state index contributed by atoms with van der Waals surface area (Å²) in [6.07, 6.45) is 3.40. The van der Waals surface area contributed by atoms with Gasteiger partial charge in [0.15, 0.2) is 0 Å². The highest BCUT2D eigenvalue weighted by molar-refractivity contribution is 5.85. The van der Waals surface area contributed by atoms with Crippen molar-refractivity contribution in [2.75, 3.05) is 7.11 Å². The van der Waals surface area contributed by atoms with Crippen LogP contribution >= 0.6 is 0 Å². The standard InChI is InChI=1S/C13H15NO3/c1-17-12-6-5-11-9(7-8-14-11)10(12)3-2-4-13(15)16/h5-8,14H,2-4H2,1H3,(H,15,16). The molecule has 17 heavy (non-hydrogen) atoms. The topological polar surface area (TPSA) is 62.3 Å². The van der Waals surface area contributed by atoms with Crippen LogP contribution in [0, 0.1) is 0 Å². The number of benzene rings is 1. The largest absolute Gasteiger partial charge is 0.496 e. The number of fused-ring (bicyclic) bond motifs is 1. The lowest BCUT2D eigenvalue weighted by molar-refractivity contribution is -0.137. The van der Waals surface area contributed by atoms with Gasteiger partial charge >= 0.3 is 5.97 Å². The number of methoxy groups -OCH3 is 1. The van der Waals surface area contributed by atoms with Crippen molar-refractivity contribution in [3.8, 4) is 5.75 Å². The Labute approximate surface area is 99.2 Å². The second-order valence-corrected chi connectivity index (χ2v) is 3.93. The number of hydrogen-bond donors (Lipinski definition) is 2. The van der Waals surface area contributed by atoms with E-state index >= 15 is 0 Å². The van der Waals surface area contributed by atoms with E-state index in [1.165, 1.54) is 0 Å². The number of aryl methyl sites for hydroxylation is 1. The average Bonchev–Trinajstić information content (AvgIpc) is 2.77. The number of aliphatic carboxylic acids is 1. The summed E-state index contributed by atoms with van der Waals surface area (Å²) in [7, 11) is 1.63. The number of nitrogens with one attached hydrogen (secondary N) is 1. The number of aromatic nitrogens is 1. The number of rotatable bonds is 5. The third kappa shape index (κ3) is 2.41. The first kappa shape index (κ1) is 11.5. The average molecular weight is 233 g/mol. The second-order valence-electron chi connectivity index (χ2n) is 3.93. The van der Waals surface area contributed by atoms with Crippen LogP contribution in [0.2, 0.25) is 0 Å². The molecule has 4 heteroatoms. The van der Waals surface area contributed by atoms with Crippen LogP contribution in [-0.2, 0) is 11.2 Å². The van der Waals surface area contributed by atoms with E-state index in [1.54, 1.807) is 7.11 Å². The van der Waals surface area contributed by atoms with Gasteiger partial charge in [0.2, 0.25) is 0 Å². The Kier molecular flexibility index (Phi) is 3.32. The minimum atomic E-state index is -0.759. The molecule has 0 spiro atoms. The fourth-order valence-corrected chi connectivity index (χ4v) is 2.04. The van der Waals surface area contributed by atoms with Crippen LogP contribution in [0.3, 0.4) is 0 Å². The molecule has 4 nitrogen and oxygen atoms in total. The van der Waals surface area contributed by atoms with Crippen LogP contribution < -0.4 is 4.74 Å². The minimum absolute atomic E-state index is 0.184. The molecule has 1 aromatic carbocycles. The molecule has 0 atom stereocenters. The maximum atomic E-state index is 10.5. The number of carboxylic acids is 1. The van der Waals surface area contributed by atoms with E-state index in [2.05, 4.69) is 4.98 Å². The zero-order valence-electron chi connectivity index (χ0n) is 9.69. The SMILES string of the molecule is COc1ccc2[nH]ccc2c1CCCC(=O)O. The molecule has 1 heterocycles. The highest BCUT2D eigenvalue weighted by Gasteiger charge is 2.09. The Morgan fingerprint density at radius 3 is 2.94 bits per heavy atom. The number of ether oxygens (including phenoxy) is 1. The van der Waals surface area contributed by atoms with Gasteiger partial charge in [-0.2, -0.15) is 0 Å². The van der Waals surface area contributed by atoms with Gasteiger partial charge < -0.3 is 14.8 Å². The zero-order valence-corrected chi connectivity index (χ0v) is 9.69. The van der Waals surface area contributed by atoms with Gasteiger partial charge in [-0.05, 0) is 31.0 Å². The number of carboxylic acid groups (broad SMARTS) is 1. The summed E-state index contributed by atoms with van der Waals surface area (Å²) >= 11 is 0. The molecule has 0 unspecified atom stereocenters. The first-order valence-corrected chi connectivity index (χ1v) is 5.57. The molecule has 0 aliphatic carbocycles. The summed E-state index contributed by atoms with van der Waals surface area (Å²) in [5, 5.41) is 9.76. The zero-order chi connectivity index (χ0) is 12.3. The smallest absolute Gasteiger partial charge is 0.303 e. The quantitative estimate of drug-likeness (QED) is 0.834. The molecule has 0 fully saturated rings. The van der Waals surface area contributed by atoms with E-state index in [-0.39, 0.29) is 6.42 Å². The number of H-pyrrole nitrogens is 1. The summed E-state index contributed by atoms with van der Waals surface area (Å²) in [5.74, 6) is 0.0627. The van der Waals surface area contributed by atoms with Gasteiger partial charge in [-0.1, -0.05) is 0 Å². The summed E-state index contributed by atoms with van der Waals surface area (Å²) in [6, 6.07) is 5.87. The van der Waals surface area contributed by atoms with E-state index in [4.69, 9.17) is 9.84 Å². The molecule has 0 saturated carbocycles. The van der Waals surface area contributed by atoms with Crippen molar-refractivity contribution in [2.45, 2.75) is 19.3 Å². The molecule has 0 bridgehead atoms. The van der Waals surface area contributed by atoms with E-state index in [1.807, 2.05) is 24.4 Å². The Hall–Kier alpha value is -1.97. The summed E-state index contributed by atoms with van der Waals surface area (Å²) in [5.41, 5.74) is 2.13. The van der Waals surface area contributed by atoms with Crippen molar-refractivity contribution >= 4 is 16.9 Å². The van der Waals surface area contributed by atoms with Crippen molar-refractivity contribution in [3.63, 3.8) is 0 Å². The lowest BCUT2D eigenvalue weighted by Gasteiger charge is -2.09. The Balaban J connectivity index is 2.28. The monoisotopic (exact) mass is 233 g/mol. The van der Waals surface area contributed by atoms with Gasteiger partial charge in [0, 0.05) is 29.1 Å². The normalized spacial score (nSPS) is 10.6. The van der Waals surface area contributed by atoms with Crippen LogP contribution in [0.25, 0.3) is 10.9 Å². The molecular weight excluding hydrogens is 218 g/mol. The lowest BCUT2D eigenvalue weighted by Crippen LogP contribution is -1.98. The van der Waals surface area contributed by atoms with Crippen molar-refractivity contribution in [1.82, 2.24) is 4.98 Å². The first-order chi connectivity index (χ1) is 8.22. The Morgan fingerprint density at radius 1 is 1.41 bits per heavy atom. The molecule has 0 radical (unpaired) electrons. The minimum Gasteiger partial charge on any atom is -0.496 e. The van der Waals surface area contributed by atoms with Crippen LogP contribution in [-0.4, -0.2) is 23.2 Å². The van der Waals surface area contributed by atoms with E-state index in [0.29, 0.717) is 12.8 Å². The maximum Gasteiger partial charge on any atom is 0.303 e. The van der Waals surface area contributed by atoms with Gasteiger partial charge in [0.1, 0.15) is 5.75 Å². The van der Waals surface area contributed by atoms with Crippen LogP contribution in [0.15, 0.2) is 24.4 Å². The Morgan fingerprint density at radius 2 is 2.24 bits per heavy atom. The number of aromatic amines is 1. The van der Waals surface area contributed by atoms with Crippen molar-refractivity contribution in [2.24, 2.45) is 0 Å². The fourth-order valence-electron chi connectivity index (χ4n) is 2.04. The van der Waals surface area contributed by atoms with Crippen LogP contribution in [0.5, 0.6) is 5.75 Å². The summed E-state index contributed by atoms with van der Waals surface area (Å²) in [4.78, 5) is 13.7. The van der Waals surface area contributed by atoms with Crippen LogP contribution in [0.4, 0.5) is 0 Å². The van der Waals surface area contributed by atoms with Crippen LogP contribution in [0.1, 0.15) is 18.4 Å². The van der Waals surface area contributed by atoms with Gasteiger partial charge in [0.25, 0.3) is 0 Å². The summed E-state index contributed by atoms with van der Waals surface area (Å²) in [6.45, 7) is 0. The fraction of sp³-hybridized carbons (Fsp3) is 0.308. The Bertz CT molecular complexity index is 530. The maximum absolute atomic E-state index is 10.5.